The number of nitrogens with one attached hydrogen (secondary N) is 1. The Morgan fingerprint density at radius 1 is 1.29 bits per heavy atom. The van der Waals surface area contributed by atoms with Crippen LogP contribution in [-0.2, 0) is 0 Å². The highest BCUT2D eigenvalue weighted by atomic mass is 35.5. The molecule has 0 saturated carbocycles. The molecule has 2 atom stereocenters. The van der Waals surface area contributed by atoms with Gasteiger partial charge in [0, 0.05) is 6.04 Å². The van der Waals surface area contributed by atoms with Crippen LogP contribution < -0.4 is 10.1 Å². The van der Waals surface area contributed by atoms with E-state index in [4.69, 9.17) is 9.84 Å². The summed E-state index contributed by atoms with van der Waals surface area (Å²) in [5, 5.41) is 12.3. The van der Waals surface area contributed by atoms with Crippen molar-refractivity contribution in [2.45, 2.75) is 39.5 Å². The zero-order valence-corrected chi connectivity index (χ0v) is 11.5. The smallest absolute Gasteiger partial charge is 0.147 e. The van der Waals surface area contributed by atoms with E-state index in [9.17, 15) is 0 Å². The average molecular weight is 260 g/mol. The lowest BCUT2D eigenvalue weighted by Gasteiger charge is -2.21. The topological polar surface area (TPSA) is 41.5 Å². The molecule has 17 heavy (non-hydrogen) atoms. The molecule has 2 N–H and O–H groups in total. The maximum Gasteiger partial charge on any atom is 0.147 e. The van der Waals surface area contributed by atoms with E-state index >= 15 is 0 Å². The first-order valence-electron chi connectivity index (χ1n) is 5.76. The molecule has 1 unspecified atom stereocenters. The molecule has 0 heterocycles. The second-order valence-electron chi connectivity index (χ2n) is 4.03. The van der Waals surface area contributed by atoms with E-state index in [1.807, 2.05) is 45.0 Å². The second kappa shape index (κ2) is 8.34. The van der Waals surface area contributed by atoms with Crippen molar-refractivity contribution in [2.75, 3.05) is 6.61 Å². The van der Waals surface area contributed by atoms with Crippen LogP contribution in [0.25, 0.3) is 0 Å². The summed E-state index contributed by atoms with van der Waals surface area (Å²) >= 11 is 0. The third-order valence-electron chi connectivity index (χ3n) is 2.52. The predicted molar refractivity (Wildman–Crippen MR) is 72.8 cm³/mol. The van der Waals surface area contributed by atoms with Gasteiger partial charge < -0.3 is 9.84 Å². The molecule has 0 fully saturated rings. The van der Waals surface area contributed by atoms with Gasteiger partial charge >= 0.3 is 0 Å². The molecule has 0 amide bonds. The molecule has 1 rings (SSSR count). The van der Waals surface area contributed by atoms with E-state index in [1.165, 1.54) is 5.56 Å². The minimum Gasteiger partial charge on any atom is -0.476 e. The first-order valence-corrected chi connectivity index (χ1v) is 5.76. The summed E-state index contributed by atoms with van der Waals surface area (Å²) in [6, 6.07) is 8.04. The average Bonchev–Trinajstić information content (AvgIpc) is 2.29. The van der Waals surface area contributed by atoms with Crippen molar-refractivity contribution in [3.63, 3.8) is 0 Å². The summed E-state index contributed by atoms with van der Waals surface area (Å²) in [5.74, 6) is 0.846. The van der Waals surface area contributed by atoms with E-state index in [1.54, 1.807) is 0 Å². The van der Waals surface area contributed by atoms with Crippen LogP contribution >= 0.6 is 12.4 Å². The minimum absolute atomic E-state index is 0. The van der Waals surface area contributed by atoms with Gasteiger partial charge in [0.25, 0.3) is 0 Å². The van der Waals surface area contributed by atoms with Crippen molar-refractivity contribution in [1.82, 2.24) is 5.32 Å². The van der Waals surface area contributed by atoms with Crippen LogP contribution in [-0.4, -0.2) is 24.0 Å². The zero-order valence-electron chi connectivity index (χ0n) is 10.6. The first kappa shape index (κ1) is 16.2. The zero-order chi connectivity index (χ0) is 12.0. The van der Waals surface area contributed by atoms with Gasteiger partial charge in [-0.05, 0) is 32.4 Å². The van der Waals surface area contributed by atoms with E-state index < -0.39 is 0 Å². The number of aliphatic hydroxyl groups excluding tert-OH is 1. The van der Waals surface area contributed by atoms with Gasteiger partial charge in [-0.1, -0.05) is 24.6 Å². The standard InChI is InChI=1S/C13H21NO2.ClH/c1-4-12(9-15)14-11(3)16-13-7-5-10(2)6-8-13;/h5-8,11-12,14-15H,4,9H2,1-3H3;1H/t11?,12-;/m1./s1. The number of hydrogen-bond donors (Lipinski definition) is 2. The SMILES string of the molecule is CC[C@H](CO)NC(C)Oc1ccc(C)cc1.Cl. The van der Waals surface area contributed by atoms with E-state index in [-0.39, 0.29) is 31.3 Å². The van der Waals surface area contributed by atoms with Crippen LogP contribution in [0.15, 0.2) is 24.3 Å². The summed E-state index contributed by atoms with van der Waals surface area (Å²) < 4.78 is 5.68. The monoisotopic (exact) mass is 259 g/mol. The van der Waals surface area contributed by atoms with E-state index in [0.29, 0.717) is 0 Å². The highest BCUT2D eigenvalue weighted by Crippen LogP contribution is 2.12. The molecular weight excluding hydrogens is 238 g/mol. The highest BCUT2D eigenvalue weighted by molar-refractivity contribution is 5.85. The minimum atomic E-state index is -0.0974. The normalized spacial score (nSPS) is 13.6. The first-order chi connectivity index (χ1) is 7.65. The number of rotatable bonds is 6. The van der Waals surface area contributed by atoms with Crippen LogP contribution in [0.5, 0.6) is 5.75 Å². The molecule has 0 aromatic heterocycles. The molecule has 0 bridgehead atoms. The summed E-state index contributed by atoms with van der Waals surface area (Å²) in [4.78, 5) is 0. The molecule has 3 nitrogen and oxygen atoms in total. The lowest BCUT2D eigenvalue weighted by Crippen LogP contribution is -2.41. The van der Waals surface area contributed by atoms with Crippen molar-refractivity contribution in [1.29, 1.82) is 0 Å². The molecule has 0 aliphatic rings. The molecule has 0 radical (unpaired) electrons. The number of halogens is 1. The molecule has 4 heteroatoms. The second-order valence-corrected chi connectivity index (χ2v) is 4.03. The van der Waals surface area contributed by atoms with Crippen molar-refractivity contribution in [3.8, 4) is 5.75 Å². The fourth-order valence-electron chi connectivity index (χ4n) is 1.49. The number of aryl methyl sites for hydroxylation is 1. The number of aliphatic hydroxyl groups is 1. The summed E-state index contributed by atoms with van der Waals surface area (Å²) in [6.07, 6.45) is 0.790. The Bertz CT molecular complexity index is 299. The van der Waals surface area contributed by atoms with Gasteiger partial charge in [-0.3, -0.25) is 5.32 Å². The van der Waals surface area contributed by atoms with Crippen LogP contribution in [0, 0.1) is 6.92 Å². The third-order valence-corrected chi connectivity index (χ3v) is 2.52. The van der Waals surface area contributed by atoms with E-state index in [0.717, 1.165) is 12.2 Å². The number of benzene rings is 1. The lowest BCUT2D eigenvalue weighted by atomic mass is 10.2. The summed E-state index contributed by atoms with van der Waals surface area (Å²) in [5.41, 5.74) is 1.22. The van der Waals surface area contributed by atoms with Gasteiger partial charge in [0.2, 0.25) is 0 Å². The Balaban J connectivity index is 0.00000256. The van der Waals surface area contributed by atoms with Gasteiger partial charge in [-0.15, -0.1) is 12.4 Å². The molecule has 0 saturated heterocycles. The van der Waals surface area contributed by atoms with Crippen LogP contribution in [0.2, 0.25) is 0 Å². The Morgan fingerprint density at radius 3 is 2.35 bits per heavy atom. The van der Waals surface area contributed by atoms with Gasteiger partial charge in [-0.2, -0.15) is 0 Å². The van der Waals surface area contributed by atoms with Gasteiger partial charge in [0.05, 0.1) is 6.61 Å². The van der Waals surface area contributed by atoms with Crippen LogP contribution in [0.4, 0.5) is 0 Å². The van der Waals surface area contributed by atoms with Crippen molar-refractivity contribution >= 4 is 12.4 Å². The Hall–Kier alpha value is -0.770. The maximum atomic E-state index is 9.06. The van der Waals surface area contributed by atoms with Gasteiger partial charge in [-0.25, -0.2) is 0 Å². The Morgan fingerprint density at radius 2 is 1.88 bits per heavy atom. The fourth-order valence-corrected chi connectivity index (χ4v) is 1.49. The molecule has 1 aromatic carbocycles. The van der Waals surface area contributed by atoms with Crippen molar-refractivity contribution in [2.24, 2.45) is 0 Å². The van der Waals surface area contributed by atoms with Crippen LogP contribution in [0.1, 0.15) is 25.8 Å². The van der Waals surface area contributed by atoms with E-state index in [2.05, 4.69) is 5.32 Å². The van der Waals surface area contributed by atoms with Crippen LogP contribution in [0.3, 0.4) is 0 Å². The largest absolute Gasteiger partial charge is 0.476 e. The van der Waals surface area contributed by atoms with Gasteiger partial charge in [0.15, 0.2) is 0 Å². The molecule has 98 valence electrons. The fraction of sp³-hybridized carbons (Fsp3) is 0.538. The molecule has 0 aliphatic carbocycles. The van der Waals surface area contributed by atoms with Gasteiger partial charge in [0.1, 0.15) is 12.0 Å². The molecule has 0 aliphatic heterocycles. The molecule has 0 spiro atoms. The quantitative estimate of drug-likeness (QED) is 0.772. The third kappa shape index (κ3) is 5.91. The highest BCUT2D eigenvalue weighted by Gasteiger charge is 2.09. The maximum absolute atomic E-state index is 9.06. The van der Waals surface area contributed by atoms with Crippen molar-refractivity contribution < 1.29 is 9.84 Å². The predicted octanol–water partition coefficient (Wildman–Crippen LogP) is 2.50. The lowest BCUT2D eigenvalue weighted by molar-refractivity contribution is 0.137. The Labute approximate surface area is 110 Å². The number of ether oxygens (including phenoxy) is 1. The Kier molecular flexibility index (Phi) is 7.96. The summed E-state index contributed by atoms with van der Waals surface area (Å²) in [6.45, 7) is 6.16. The van der Waals surface area contributed by atoms with Crippen molar-refractivity contribution in [3.05, 3.63) is 29.8 Å². The summed E-state index contributed by atoms with van der Waals surface area (Å²) in [7, 11) is 0. The molecular formula is C13H22ClNO2. The molecule has 1 aromatic rings. The number of hydrogen-bond acceptors (Lipinski definition) is 3.